The number of anilines is 2. The molecule has 0 fully saturated rings. The highest BCUT2D eigenvalue weighted by molar-refractivity contribution is 6.05. The van der Waals surface area contributed by atoms with Gasteiger partial charge in [0.15, 0.2) is 0 Å². The van der Waals surface area contributed by atoms with Crippen molar-refractivity contribution >= 4 is 17.3 Å². The maximum atomic E-state index is 12.4. The molecule has 21 heavy (non-hydrogen) atoms. The Balaban J connectivity index is 2.14. The summed E-state index contributed by atoms with van der Waals surface area (Å²) in [5.74, 6) is -0.106. The zero-order valence-electron chi connectivity index (χ0n) is 12.7. The Morgan fingerprint density at radius 2 is 2.05 bits per heavy atom. The Morgan fingerprint density at radius 1 is 1.24 bits per heavy atom. The van der Waals surface area contributed by atoms with E-state index in [1.54, 1.807) is 6.20 Å². The van der Waals surface area contributed by atoms with E-state index in [2.05, 4.69) is 22.5 Å². The van der Waals surface area contributed by atoms with Gasteiger partial charge in [-0.05, 0) is 56.2 Å². The predicted molar refractivity (Wildman–Crippen MR) is 86.9 cm³/mol. The normalized spacial score (nSPS) is 10.2. The molecule has 0 spiro atoms. The summed E-state index contributed by atoms with van der Waals surface area (Å²) in [5.41, 5.74) is 4.23. The van der Waals surface area contributed by atoms with Gasteiger partial charge in [0.25, 0.3) is 5.91 Å². The van der Waals surface area contributed by atoms with Gasteiger partial charge in [-0.25, -0.2) is 0 Å². The number of nitrogens with zero attached hydrogens (tertiary/aromatic N) is 1. The lowest BCUT2D eigenvalue weighted by atomic mass is 10.1. The number of pyridine rings is 1. The number of hydrogen-bond acceptors (Lipinski definition) is 3. The van der Waals surface area contributed by atoms with E-state index in [1.165, 1.54) is 0 Å². The Bertz CT molecular complexity index is 638. The number of aryl methyl sites for hydroxylation is 2. The van der Waals surface area contributed by atoms with Crippen LogP contribution in [0.2, 0.25) is 0 Å². The largest absolute Gasteiger partial charge is 0.385 e. The molecule has 0 saturated carbocycles. The fourth-order valence-corrected chi connectivity index (χ4v) is 2.10. The summed E-state index contributed by atoms with van der Waals surface area (Å²) in [6.07, 6.45) is 2.78. The van der Waals surface area contributed by atoms with Crippen LogP contribution in [0.3, 0.4) is 0 Å². The van der Waals surface area contributed by atoms with Gasteiger partial charge < -0.3 is 10.6 Å². The van der Waals surface area contributed by atoms with Crippen LogP contribution in [0.25, 0.3) is 0 Å². The number of carbonyl (C=O) groups is 1. The van der Waals surface area contributed by atoms with Crippen LogP contribution in [-0.4, -0.2) is 17.4 Å². The van der Waals surface area contributed by atoms with Crippen LogP contribution < -0.4 is 10.6 Å². The van der Waals surface area contributed by atoms with E-state index in [0.29, 0.717) is 5.56 Å². The van der Waals surface area contributed by atoms with Crippen molar-refractivity contribution in [3.63, 3.8) is 0 Å². The maximum absolute atomic E-state index is 12.4. The third kappa shape index (κ3) is 3.81. The molecule has 2 rings (SSSR count). The lowest BCUT2D eigenvalue weighted by molar-refractivity contribution is 0.102. The van der Waals surface area contributed by atoms with Crippen LogP contribution in [0, 0.1) is 13.8 Å². The summed E-state index contributed by atoms with van der Waals surface area (Å²) in [7, 11) is 0. The molecule has 1 amide bonds. The van der Waals surface area contributed by atoms with Gasteiger partial charge in [0.1, 0.15) is 0 Å². The molecule has 0 saturated heterocycles. The lowest BCUT2D eigenvalue weighted by Crippen LogP contribution is -2.14. The SMILES string of the molecule is CCCNc1ccc(C(=O)Nc2cccnc2C)c(C)c1. The third-order valence-electron chi connectivity index (χ3n) is 3.31. The van der Waals surface area contributed by atoms with Crippen LogP contribution in [0.1, 0.15) is 35.0 Å². The first-order valence-electron chi connectivity index (χ1n) is 7.19. The van der Waals surface area contributed by atoms with Gasteiger partial charge in [-0.1, -0.05) is 6.92 Å². The van der Waals surface area contributed by atoms with Crippen molar-refractivity contribution in [1.29, 1.82) is 0 Å². The summed E-state index contributed by atoms with van der Waals surface area (Å²) in [6.45, 7) is 6.88. The maximum Gasteiger partial charge on any atom is 0.255 e. The average molecular weight is 283 g/mol. The van der Waals surface area contributed by atoms with E-state index in [9.17, 15) is 4.79 Å². The summed E-state index contributed by atoms with van der Waals surface area (Å²) in [5, 5.41) is 6.23. The molecule has 0 unspecified atom stereocenters. The zero-order valence-corrected chi connectivity index (χ0v) is 12.7. The van der Waals surface area contributed by atoms with Gasteiger partial charge in [0, 0.05) is 24.0 Å². The molecular weight excluding hydrogens is 262 g/mol. The number of amides is 1. The molecule has 4 nitrogen and oxygen atoms in total. The van der Waals surface area contributed by atoms with Crippen molar-refractivity contribution in [3.05, 3.63) is 53.3 Å². The third-order valence-corrected chi connectivity index (χ3v) is 3.31. The second-order valence-corrected chi connectivity index (χ2v) is 5.05. The average Bonchev–Trinajstić information content (AvgIpc) is 2.47. The number of hydrogen-bond donors (Lipinski definition) is 2. The molecule has 0 aliphatic heterocycles. The molecule has 2 N–H and O–H groups in total. The second kappa shape index (κ2) is 6.88. The summed E-state index contributed by atoms with van der Waals surface area (Å²) >= 11 is 0. The fourth-order valence-electron chi connectivity index (χ4n) is 2.10. The van der Waals surface area contributed by atoms with Crippen LogP contribution in [0.5, 0.6) is 0 Å². The predicted octanol–water partition coefficient (Wildman–Crippen LogP) is 3.77. The fraction of sp³-hybridized carbons (Fsp3) is 0.294. The van der Waals surface area contributed by atoms with Crippen molar-refractivity contribution in [1.82, 2.24) is 4.98 Å². The van der Waals surface area contributed by atoms with Gasteiger partial charge >= 0.3 is 0 Å². The molecule has 0 bridgehead atoms. The van der Waals surface area contributed by atoms with Crippen molar-refractivity contribution in [2.45, 2.75) is 27.2 Å². The number of aromatic nitrogens is 1. The van der Waals surface area contributed by atoms with Crippen molar-refractivity contribution < 1.29 is 4.79 Å². The van der Waals surface area contributed by atoms with Gasteiger partial charge in [-0.3, -0.25) is 9.78 Å². The number of benzene rings is 1. The van der Waals surface area contributed by atoms with Crippen molar-refractivity contribution in [2.24, 2.45) is 0 Å². The highest BCUT2D eigenvalue weighted by Crippen LogP contribution is 2.18. The molecular formula is C17H21N3O. The molecule has 1 aromatic heterocycles. The van der Waals surface area contributed by atoms with Crippen molar-refractivity contribution in [3.8, 4) is 0 Å². The Labute approximate surface area is 125 Å². The van der Waals surface area contributed by atoms with Crippen LogP contribution in [-0.2, 0) is 0 Å². The van der Waals surface area contributed by atoms with E-state index < -0.39 is 0 Å². The minimum absolute atomic E-state index is 0.106. The molecule has 2 aromatic rings. The Morgan fingerprint density at radius 3 is 2.71 bits per heavy atom. The van der Waals surface area contributed by atoms with E-state index >= 15 is 0 Å². The Hall–Kier alpha value is -2.36. The van der Waals surface area contributed by atoms with E-state index in [4.69, 9.17) is 0 Å². The molecule has 0 aliphatic carbocycles. The first-order valence-corrected chi connectivity index (χ1v) is 7.19. The van der Waals surface area contributed by atoms with Crippen LogP contribution in [0.4, 0.5) is 11.4 Å². The summed E-state index contributed by atoms with van der Waals surface area (Å²) in [6, 6.07) is 9.46. The lowest BCUT2D eigenvalue weighted by Gasteiger charge is -2.11. The molecule has 110 valence electrons. The molecule has 0 aliphatic rings. The zero-order chi connectivity index (χ0) is 15.2. The van der Waals surface area contributed by atoms with E-state index in [1.807, 2.05) is 44.2 Å². The number of nitrogens with one attached hydrogen (secondary N) is 2. The van der Waals surface area contributed by atoms with Crippen molar-refractivity contribution in [2.75, 3.05) is 17.2 Å². The molecule has 1 aromatic carbocycles. The van der Waals surface area contributed by atoms with Crippen LogP contribution in [0.15, 0.2) is 36.5 Å². The van der Waals surface area contributed by atoms with Gasteiger partial charge in [-0.2, -0.15) is 0 Å². The standard InChI is InChI=1S/C17H21N3O/c1-4-9-19-14-7-8-15(12(2)11-14)17(21)20-16-6-5-10-18-13(16)3/h5-8,10-11,19H,4,9H2,1-3H3,(H,20,21). The summed E-state index contributed by atoms with van der Waals surface area (Å²) in [4.78, 5) is 16.5. The minimum Gasteiger partial charge on any atom is -0.385 e. The van der Waals surface area contributed by atoms with Crippen LogP contribution >= 0.6 is 0 Å². The van der Waals surface area contributed by atoms with Gasteiger partial charge in [0.2, 0.25) is 0 Å². The molecule has 1 heterocycles. The quantitative estimate of drug-likeness (QED) is 0.878. The summed E-state index contributed by atoms with van der Waals surface area (Å²) < 4.78 is 0. The second-order valence-electron chi connectivity index (χ2n) is 5.05. The molecule has 0 radical (unpaired) electrons. The monoisotopic (exact) mass is 283 g/mol. The Kier molecular flexibility index (Phi) is 4.93. The topological polar surface area (TPSA) is 54.0 Å². The molecule has 0 atom stereocenters. The van der Waals surface area contributed by atoms with Gasteiger partial charge in [0.05, 0.1) is 11.4 Å². The first kappa shape index (κ1) is 15.0. The smallest absolute Gasteiger partial charge is 0.255 e. The highest BCUT2D eigenvalue weighted by atomic mass is 16.1. The highest BCUT2D eigenvalue weighted by Gasteiger charge is 2.11. The number of carbonyl (C=O) groups excluding carboxylic acids is 1. The minimum atomic E-state index is -0.106. The number of rotatable bonds is 5. The molecule has 4 heteroatoms. The first-order chi connectivity index (χ1) is 10.1. The van der Waals surface area contributed by atoms with E-state index in [0.717, 1.165) is 35.6 Å². The van der Waals surface area contributed by atoms with Gasteiger partial charge in [-0.15, -0.1) is 0 Å². The van der Waals surface area contributed by atoms with E-state index in [-0.39, 0.29) is 5.91 Å².